The lowest BCUT2D eigenvalue weighted by atomic mass is 9.96. The molecule has 1 heterocycles. The molecule has 0 saturated heterocycles. The monoisotopic (exact) mass is 314 g/mol. The van der Waals surface area contributed by atoms with Crippen molar-refractivity contribution in [3.63, 3.8) is 0 Å². The first-order chi connectivity index (χ1) is 11.9. The van der Waals surface area contributed by atoms with Crippen LogP contribution in [0, 0.1) is 0 Å². The maximum absolute atomic E-state index is 6.19. The number of benzene rings is 3. The third-order valence-corrected chi connectivity index (χ3v) is 4.11. The van der Waals surface area contributed by atoms with Crippen LogP contribution >= 0.6 is 0 Å². The van der Waals surface area contributed by atoms with Gasteiger partial charge in [0.05, 0.1) is 11.4 Å². The Bertz CT molecular complexity index is 844. The van der Waals surface area contributed by atoms with E-state index in [-0.39, 0.29) is 6.10 Å². The van der Waals surface area contributed by atoms with Gasteiger partial charge in [-0.3, -0.25) is 5.43 Å². The summed E-state index contributed by atoms with van der Waals surface area (Å²) in [4.78, 5) is 0. The van der Waals surface area contributed by atoms with E-state index in [2.05, 4.69) is 28.7 Å². The van der Waals surface area contributed by atoms with E-state index in [9.17, 15) is 0 Å². The zero-order valence-electron chi connectivity index (χ0n) is 13.2. The normalized spacial score (nSPS) is 17.8. The maximum atomic E-state index is 6.19. The second-order valence-electron chi connectivity index (χ2n) is 5.75. The summed E-state index contributed by atoms with van der Waals surface area (Å²) in [5, 5.41) is 4.66. The first-order valence-electron chi connectivity index (χ1n) is 8.09. The minimum Gasteiger partial charge on any atom is -0.485 e. The number of rotatable bonds is 3. The van der Waals surface area contributed by atoms with E-state index in [1.54, 1.807) is 0 Å². The Morgan fingerprint density at radius 1 is 0.792 bits per heavy atom. The fraction of sp³-hybridized carbons (Fsp3) is 0.0952. The summed E-state index contributed by atoms with van der Waals surface area (Å²) in [6.07, 6.45) is 0.721. The van der Waals surface area contributed by atoms with Gasteiger partial charge in [0.2, 0.25) is 0 Å². The molecular weight excluding hydrogens is 296 g/mol. The smallest absolute Gasteiger partial charge is 0.129 e. The number of fused-ring (bicyclic) bond motifs is 1. The molecular formula is C21H18N2O. The molecule has 24 heavy (non-hydrogen) atoms. The molecule has 1 N–H and O–H groups in total. The Morgan fingerprint density at radius 3 is 2.25 bits per heavy atom. The highest BCUT2D eigenvalue weighted by atomic mass is 16.5. The van der Waals surface area contributed by atoms with Crippen molar-refractivity contribution in [3.05, 3.63) is 96.1 Å². The largest absolute Gasteiger partial charge is 0.485 e. The van der Waals surface area contributed by atoms with Gasteiger partial charge in [-0.25, -0.2) is 0 Å². The van der Waals surface area contributed by atoms with Gasteiger partial charge >= 0.3 is 0 Å². The van der Waals surface area contributed by atoms with E-state index in [0.717, 1.165) is 29.1 Å². The van der Waals surface area contributed by atoms with Crippen LogP contribution in [-0.2, 0) is 0 Å². The number of hydrazone groups is 1. The van der Waals surface area contributed by atoms with Crippen LogP contribution in [0.2, 0.25) is 0 Å². The minimum atomic E-state index is -0.0163. The Labute approximate surface area is 141 Å². The zero-order chi connectivity index (χ0) is 16.2. The van der Waals surface area contributed by atoms with Crippen molar-refractivity contribution >= 4 is 11.4 Å². The van der Waals surface area contributed by atoms with Crippen molar-refractivity contribution < 1.29 is 4.74 Å². The molecule has 3 heteroatoms. The molecule has 0 amide bonds. The van der Waals surface area contributed by atoms with Gasteiger partial charge in [0.15, 0.2) is 0 Å². The first-order valence-corrected chi connectivity index (χ1v) is 8.09. The summed E-state index contributed by atoms with van der Waals surface area (Å²) in [5.41, 5.74) is 7.36. The lowest BCUT2D eigenvalue weighted by Gasteiger charge is -2.27. The topological polar surface area (TPSA) is 33.6 Å². The van der Waals surface area contributed by atoms with Crippen molar-refractivity contribution in [2.45, 2.75) is 12.5 Å². The van der Waals surface area contributed by atoms with Gasteiger partial charge in [-0.2, -0.15) is 5.10 Å². The number of hydrogen-bond acceptors (Lipinski definition) is 3. The van der Waals surface area contributed by atoms with Crippen LogP contribution in [0.15, 0.2) is 90.0 Å². The molecule has 0 fully saturated rings. The fourth-order valence-corrected chi connectivity index (χ4v) is 2.89. The summed E-state index contributed by atoms with van der Waals surface area (Å²) in [7, 11) is 0. The van der Waals surface area contributed by atoms with Crippen LogP contribution in [0.25, 0.3) is 0 Å². The average molecular weight is 314 g/mol. The number of nitrogens with zero attached hydrogens (tertiary/aromatic N) is 1. The summed E-state index contributed by atoms with van der Waals surface area (Å²) in [6, 6.07) is 28.4. The van der Waals surface area contributed by atoms with Gasteiger partial charge in [0, 0.05) is 12.0 Å². The van der Waals surface area contributed by atoms with Crippen molar-refractivity contribution in [1.82, 2.24) is 0 Å². The highest BCUT2D eigenvalue weighted by molar-refractivity contribution is 6.04. The summed E-state index contributed by atoms with van der Waals surface area (Å²) >= 11 is 0. The van der Waals surface area contributed by atoms with Gasteiger partial charge in [0.1, 0.15) is 11.9 Å². The number of nitrogens with one attached hydrogen (secondary N) is 1. The molecule has 118 valence electrons. The molecule has 0 spiro atoms. The second kappa shape index (κ2) is 6.59. The number of ether oxygens (including phenoxy) is 1. The number of anilines is 1. The lowest BCUT2D eigenvalue weighted by molar-refractivity contribution is 0.206. The molecule has 0 bridgehead atoms. The minimum absolute atomic E-state index is 0.0163. The molecule has 3 nitrogen and oxygen atoms in total. The third kappa shape index (κ3) is 3.01. The molecule has 4 rings (SSSR count). The van der Waals surface area contributed by atoms with E-state index >= 15 is 0 Å². The van der Waals surface area contributed by atoms with Gasteiger partial charge < -0.3 is 4.74 Å². The predicted octanol–water partition coefficient (Wildman–Crippen LogP) is 5.03. The Kier molecular flexibility index (Phi) is 3.98. The third-order valence-electron chi connectivity index (χ3n) is 4.11. The molecule has 1 atom stereocenters. The van der Waals surface area contributed by atoms with E-state index in [4.69, 9.17) is 4.74 Å². The van der Waals surface area contributed by atoms with Gasteiger partial charge in [-0.1, -0.05) is 60.7 Å². The Hall–Kier alpha value is -3.07. The summed E-state index contributed by atoms with van der Waals surface area (Å²) in [5.74, 6) is 0.881. The fourth-order valence-electron chi connectivity index (χ4n) is 2.89. The van der Waals surface area contributed by atoms with E-state index in [1.165, 1.54) is 5.56 Å². The Balaban J connectivity index is 1.67. The Morgan fingerprint density at radius 2 is 1.46 bits per heavy atom. The van der Waals surface area contributed by atoms with Crippen LogP contribution in [0.5, 0.6) is 5.75 Å². The number of para-hydroxylation sites is 2. The molecule has 1 aliphatic heterocycles. The molecule has 0 saturated carbocycles. The van der Waals surface area contributed by atoms with Gasteiger partial charge in [0.25, 0.3) is 0 Å². The van der Waals surface area contributed by atoms with Gasteiger partial charge in [-0.15, -0.1) is 0 Å². The molecule has 1 aliphatic rings. The van der Waals surface area contributed by atoms with E-state index in [0.29, 0.717) is 0 Å². The standard InChI is InChI=1S/C21H18N2O/c1-3-9-16(10-4-1)21-15-19(18-13-7-8-14-20(18)24-21)23-22-17-11-5-2-6-12-17/h1-14,21-22H,15H2/b23-19+/t21-/m0/s1. The molecule has 0 unspecified atom stereocenters. The molecule has 3 aromatic carbocycles. The predicted molar refractivity (Wildman–Crippen MR) is 97.5 cm³/mol. The average Bonchev–Trinajstić information content (AvgIpc) is 2.67. The van der Waals surface area contributed by atoms with Crippen LogP contribution in [0.3, 0.4) is 0 Å². The van der Waals surface area contributed by atoms with Crippen LogP contribution in [0.4, 0.5) is 5.69 Å². The molecule has 3 aromatic rings. The first kappa shape index (κ1) is 14.5. The van der Waals surface area contributed by atoms with Crippen molar-refractivity contribution in [2.75, 3.05) is 5.43 Å². The SMILES string of the molecule is c1ccc(N/N=C2\C[C@@H](c3ccccc3)Oc3ccccc32)cc1. The van der Waals surface area contributed by atoms with E-state index in [1.807, 2.05) is 66.7 Å². The van der Waals surface area contributed by atoms with Crippen molar-refractivity contribution in [1.29, 1.82) is 0 Å². The second-order valence-corrected chi connectivity index (χ2v) is 5.75. The van der Waals surface area contributed by atoms with Crippen LogP contribution in [0.1, 0.15) is 23.7 Å². The number of hydrogen-bond donors (Lipinski definition) is 1. The highest BCUT2D eigenvalue weighted by Gasteiger charge is 2.25. The highest BCUT2D eigenvalue weighted by Crippen LogP contribution is 2.35. The van der Waals surface area contributed by atoms with Crippen LogP contribution in [-0.4, -0.2) is 5.71 Å². The van der Waals surface area contributed by atoms with Crippen molar-refractivity contribution in [2.24, 2.45) is 5.10 Å². The molecule has 0 aromatic heterocycles. The quantitative estimate of drug-likeness (QED) is 0.688. The zero-order valence-corrected chi connectivity index (χ0v) is 13.2. The van der Waals surface area contributed by atoms with Gasteiger partial charge in [-0.05, 0) is 29.8 Å². The summed E-state index contributed by atoms with van der Waals surface area (Å²) in [6.45, 7) is 0. The van der Waals surface area contributed by atoms with E-state index < -0.39 is 0 Å². The van der Waals surface area contributed by atoms with Crippen molar-refractivity contribution in [3.8, 4) is 5.75 Å². The molecule has 0 aliphatic carbocycles. The summed E-state index contributed by atoms with van der Waals surface area (Å²) < 4.78 is 6.19. The lowest BCUT2D eigenvalue weighted by Crippen LogP contribution is -2.21. The van der Waals surface area contributed by atoms with Crippen LogP contribution < -0.4 is 10.2 Å². The molecule has 0 radical (unpaired) electrons. The maximum Gasteiger partial charge on any atom is 0.129 e.